The van der Waals surface area contributed by atoms with E-state index in [1.165, 1.54) is 11.3 Å². The number of thiazole rings is 1. The van der Waals surface area contributed by atoms with Crippen LogP contribution in [0.1, 0.15) is 58.3 Å². The van der Waals surface area contributed by atoms with Crippen molar-refractivity contribution in [2.45, 2.75) is 47.5 Å². The predicted molar refractivity (Wildman–Crippen MR) is 122 cm³/mol. The number of aromatic nitrogens is 1. The predicted octanol–water partition coefficient (Wildman–Crippen LogP) is 5.70. The Hall–Kier alpha value is -2.93. The van der Waals surface area contributed by atoms with Crippen LogP contribution in [-0.2, 0) is 6.42 Å². The number of anilines is 2. The number of hydrazone groups is 1. The average molecular weight is 423 g/mol. The number of para-hydroxylation sites is 1. The lowest BCUT2D eigenvalue weighted by Gasteiger charge is -2.29. The van der Waals surface area contributed by atoms with Gasteiger partial charge in [-0.3, -0.25) is 15.5 Å². The summed E-state index contributed by atoms with van der Waals surface area (Å²) in [5.41, 5.74) is 7.65. The topological polar surface area (TPSA) is 79.5 Å². The van der Waals surface area contributed by atoms with Crippen LogP contribution in [0.4, 0.5) is 10.8 Å². The second-order valence-electron chi connectivity index (χ2n) is 8.52. The number of aryl methyl sites for hydroxylation is 2. The van der Waals surface area contributed by atoms with Crippen molar-refractivity contribution < 1.29 is 9.21 Å². The zero-order valence-electron chi connectivity index (χ0n) is 17.9. The number of fused-ring (bicyclic) bond motifs is 1. The molecule has 3 aromatic rings. The van der Waals surface area contributed by atoms with Crippen LogP contribution in [0.25, 0.3) is 0 Å². The van der Waals surface area contributed by atoms with Crippen LogP contribution in [0.2, 0.25) is 0 Å². The Morgan fingerprint density at radius 2 is 1.90 bits per heavy atom. The molecule has 1 aromatic carbocycles. The molecule has 6 nitrogen and oxygen atoms in total. The number of hydrogen-bond donors (Lipinski definition) is 2. The molecule has 4 rings (SSSR count). The van der Waals surface area contributed by atoms with Gasteiger partial charge in [-0.2, -0.15) is 5.10 Å². The van der Waals surface area contributed by atoms with Crippen LogP contribution < -0.4 is 10.7 Å². The minimum Gasteiger partial charge on any atom is -0.455 e. The Labute approximate surface area is 180 Å². The van der Waals surface area contributed by atoms with Gasteiger partial charge in [0.1, 0.15) is 5.76 Å². The number of carbonyl (C=O) groups excluding carboxylic acids is 1. The molecule has 0 spiro atoms. The van der Waals surface area contributed by atoms with E-state index in [2.05, 4.69) is 34.7 Å². The fraction of sp³-hybridized carbons (Fsp3) is 0.348. The number of hydrogen-bond acceptors (Lipinski definition) is 6. The van der Waals surface area contributed by atoms with E-state index < -0.39 is 0 Å². The van der Waals surface area contributed by atoms with Gasteiger partial charge in [0.25, 0.3) is 5.91 Å². The standard InChI is InChI=1S/C23H26N4O2S/c1-13-19-17(27-26-16-9-7-6-8-10-16)11-23(4,5)12-18(19)29-20(13)21(28)25-22-24-14(2)15(3)30-22/h6-10,26H,11-12H2,1-5H3,(H,24,25,28)/b27-17-. The van der Waals surface area contributed by atoms with E-state index in [4.69, 9.17) is 4.42 Å². The van der Waals surface area contributed by atoms with Gasteiger partial charge in [-0.15, -0.1) is 11.3 Å². The van der Waals surface area contributed by atoms with Crippen LogP contribution >= 0.6 is 11.3 Å². The van der Waals surface area contributed by atoms with Gasteiger partial charge in [-0.1, -0.05) is 32.0 Å². The smallest absolute Gasteiger partial charge is 0.293 e. The third-order valence-corrected chi connectivity index (χ3v) is 6.33. The van der Waals surface area contributed by atoms with Gasteiger partial charge >= 0.3 is 0 Å². The van der Waals surface area contributed by atoms with Crippen molar-refractivity contribution in [1.82, 2.24) is 4.98 Å². The van der Waals surface area contributed by atoms with Crippen LogP contribution in [0.15, 0.2) is 39.9 Å². The number of nitrogens with one attached hydrogen (secondary N) is 2. The number of furan rings is 1. The van der Waals surface area contributed by atoms with E-state index in [9.17, 15) is 4.79 Å². The maximum absolute atomic E-state index is 12.9. The molecule has 7 heteroatoms. The van der Waals surface area contributed by atoms with Gasteiger partial charge in [0, 0.05) is 22.4 Å². The van der Waals surface area contributed by atoms with Crippen LogP contribution in [0, 0.1) is 26.2 Å². The maximum Gasteiger partial charge on any atom is 0.293 e. The third kappa shape index (κ3) is 4.03. The van der Waals surface area contributed by atoms with E-state index in [1.807, 2.05) is 51.1 Å². The molecule has 1 aliphatic carbocycles. The molecule has 0 atom stereocenters. The van der Waals surface area contributed by atoms with Crippen molar-refractivity contribution in [2.75, 3.05) is 10.7 Å². The highest BCUT2D eigenvalue weighted by Gasteiger charge is 2.36. The zero-order valence-corrected chi connectivity index (χ0v) is 18.7. The molecule has 156 valence electrons. The molecular formula is C23H26N4O2S. The van der Waals surface area contributed by atoms with Crippen LogP contribution in [0.3, 0.4) is 0 Å². The highest BCUT2D eigenvalue weighted by molar-refractivity contribution is 7.15. The number of nitrogens with zero attached hydrogens (tertiary/aromatic N) is 2. The molecule has 2 aromatic heterocycles. The quantitative estimate of drug-likeness (QED) is 0.528. The molecule has 2 heterocycles. The van der Waals surface area contributed by atoms with Crippen molar-refractivity contribution in [3.8, 4) is 0 Å². The van der Waals surface area contributed by atoms with Crippen molar-refractivity contribution >= 4 is 33.8 Å². The first-order valence-electron chi connectivity index (χ1n) is 9.99. The minimum absolute atomic E-state index is 0.00816. The van der Waals surface area contributed by atoms with Crippen LogP contribution in [-0.4, -0.2) is 16.6 Å². The molecule has 2 N–H and O–H groups in total. The Kier molecular flexibility index (Phi) is 5.24. The summed E-state index contributed by atoms with van der Waals surface area (Å²) in [6, 6.07) is 9.84. The van der Waals surface area contributed by atoms with E-state index in [0.717, 1.165) is 51.7 Å². The largest absolute Gasteiger partial charge is 0.455 e. The molecule has 0 bridgehead atoms. The third-order valence-electron chi connectivity index (χ3n) is 5.34. The van der Waals surface area contributed by atoms with Crippen molar-refractivity contribution in [3.63, 3.8) is 0 Å². The van der Waals surface area contributed by atoms with E-state index in [-0.39, 0.29) is 11.3 Å². The summed E-state index contributed by atoms with van der Waals surface area (Å²) in [4.78, 5) is 18.4. The summed E-state index contributed by atoms with van der Waals surface area (Å²) < 4.78 is 6.08. The summed E-state index contributed by atoms with van der Waals surface area (Å²) in [7, 11) is 0. The first-order valence-corrected chi connectivity index (χ1v) is 10.8. The molecule has 1 aliphatic rings. The van der Waals surface area contributed by atoms with E-state index >= 15 is 0 Å². The molecule has 30 heavy (non-hydrogen) atoms. The summed E-state index contributed by atoms with van der Waals surface area (Å²) in [5, 5.41) is 8.16. The van der Waals surface area contributed by atoms with Gasteiger partial charge in [0.05, 0.1) is 17.1 Å². The second-order valence-corrected chi connectivity index (χ2v) is 9.73. The molecule has 0 saturated heterocycles. The normalized spacial score (nSPS) is 16.4. The second kappa shape index (κ2) is 7.72. The first-order chi connectivity index (χ1) is 14.2. The van der Waals surface area contributed by atoms with Crippen LogP contribution in [0.5, 0.6) is 0 Å². The number of rotatable bonds is 4. The fourth-order valence-corrected chi connectivity index (χ4v) is 4.56. The van der Waals surface area contributed by atoms with Crippen molar-refractivity contribution in [2.24, 2.45) is 10.5 Å². The van der Waals surface area contributed by atoms with Gasteiger partial charge in [0.15, 0.2) is 10.9 Å². The number of benzene rings is 1. The summed E-state index contributed by atoms with van der Waals surface area (Å²) in [5.74, 6) is 0.869. The molecule has 0 fully saturated rings. The molecule has 0 saturated carbocycles. The Morgan fingerprint density at radius 1 is 1.17 bits per heavy atom. The molecule has 0 radical (unpaired) electrons. The van der Waals surface area contributed by atoms with Gasteiger partial charge < -0.3 is 4.42 Å². The maximum atomic E-state index is 12.9. The summed E-state index contributed by atoms with van der Waals surface area (Å²) in [6.07, 6.45) is 1.56. The molecule has 0 aliphatic heterocycles. The Balaban J connectivity index is 1.66. The zero-order chi connectivity index (χ0) is 21.5. The fourth-order valence-electron chi connectivity index (χ4n) is 3.75. The highest BCUT2D eigenvalue weighted by atomic mass is 32.1. The number of amides is 1. The van der Waals surface area contributed by atoms with E-state index in [0.29, 0.717) is 10.9 Å². The lowest BCUT2D eigenvalue weighted by Crippen LogP contribution is -2.27. The SMILES string of the molecule is Cc1nc(NC(=O)c2oc3c(c2C)/C(=N\Nc2ccccc2)CC(C)(C)C3)sc1C. The van der Waals surface area contributed by atoms with Gasteiger partial charge in [0.2, 0.25) is 0 Å². The highest BCUT2D eigenvalue weighted by Crippen LogP contribution is 2.39. The number of carbonyl (C=O) groups is 1. The Bertz CT molecular complexity index is 1110. The molecule has 1 amide bonds. The van der Waals surface area contributed by atoms with Gasteiger partial charge in [-0.25, -0.2) is 4.98 Å². The monoisotopic (exact) mass is 422 g/mol. The van der Waals surface area contributed by atoms with Crippen molar-refractivity contribution in [3.05, 3.63) is 63.6 Å². The lowest BCUT2D eigenvalue weighted by molar-refractivity contribution is 0.0993. The van der Waals surface area contributed by atoms with E-state index in [1.54, 1.807) is 0 Å². The lowest BCUT2D eigenvalue weighted by atomic mass is 9.75. The van der Waals surface area contributed by atoms with Gasteiger partial charge in [-0.05, 0) is 44.7 Å². The molecule has 0 unspecified atom stereocenters. The average Bonchev–Trinajstić information content (AvgIpc) is 3.18. The Morgan fingerprint density at radius 3 is 2.57 bits per heavy atom. The summed E-state index contributed by atoms with van der Waals surface area (Å²) in [6.45, 7) is 10.2. The van der Waals surface area contributed by atoms with Crippen molar-refractivity contribution in [1.29, 1.82) is 0 Å². The summed E-state index contributed by atoms with van der Waals surface area (Å²) >= 11 is 1.47. The molecular weight excluding hydrogens is 396 g/mol. The minimum atomic E-state index is -0.274. The first kappa shape index (κ1) is 20.3.